The van der Waals surface area contributed by atoms with Crippen LogP contribution in [-0.4, -0.2) is 25.8 Å². The van der Waals surface area contributed by atoms with Gasteiger partial charge in [-0.2, -0.15) is 5.26 Å². The van der Waals surface area contributed by atoms with Crippen LogP contribution in [0, 0.1) is 16.7 Å². The highest BCUT2D eigenvalue weighted by Crippen LogP contribution is 2.45. The van der Waals surface area contributed by atoms with Gasteiger partial charge in [0, 0.05) is 13.1 Å². The lowest BCUT2D eigenvalue weighted by atomic mass is 10.1. The Balaban J connectivity index is 1.70. The SMILES string of the molecule is N#CC1(COC2CNC2)CC1. The second-order valence-corrected chi connectivity index (χ2v) is 3.48. The monoisotopic (exact) mass is 152 g/mol. The van der Waals surface area contributed by atoms with Crippen molar-refractivity contribution in [1.29, 1.82) is 5.26 Å². The Hall–Kier alpha value is -0.590. The fourth-order valence-electron chi connectivity index (χ4n) is 1.10. The first-order valence-corrected chi connectivity index (χ1v) is 4.08. The molecule has 1 saturated carbocycles. The topological polar surface area (TPSA) is 45.0 Å². The number of rotatable bonds is 3. The number of ether oxygens (including phenoxy) is 1. The van der Waals surface area contributed by atoms with Gasteiger partial charge in [-0.3, -0.25) is 0 Å². The highest BCUT2D eigenvalue weighted by molar-refractivity contribution is 5.10. The zero-order chi connectivity index (χ0) is 7.73. The quantitative estimate of drug-likeness (QED) is 0.631. The van der Waals surface area contributed by atoms with Gasteiger partial charge in [0.25, 0.3) is 0 Å². The number of hydrogen-bond donors (Lipinski definition) is 1. The normalized spacial score (nSPS) is 27.2. The lowest BCUT2D eigenvalue weighted by molar-refractivity contribution is 0.00315. The van der Waals surface area contributed by atoms with E-state index in [4.69, 9.17) is 10.00 Å². The number of nitriles is 1. The number of hydrogen-bond acceptors (Lipinski definition) is 3. The van der Waals surface area contributed by atoms with Crippen molar-refractivity contribution >= 4 is 0 Å². The van der Waals surface area contributed by atoms with E-state index < -0.39 is 0 Å². The molecule has 0 unspecified atom stereocenters. The molecular weight excluding hydrogens is 140 g/mol. The van der Waals surface area contributed by atoms with Crippen molar-refractivity contribution in [2.45, 2.75) is 18.9 Å². The predicted octanol–water partition coefficient (Wildman–Crippen LogP) is 0.279. The van der Waals surface area contributed by atoms with Crippen LogP contribution in [0.3, 0.4) is 0 Å². The van der Waals surface area contributed by atoms with Crippen LogP contribution in [0.5, 0.6) is 0 Å². The second-order valence-electron chi connectivity index (χ2n) is 3.48. The van der Waals surface area contributed by atoms with Gasteiger partial charge in [-0.1, -0.05) is 0 Å². The van der Waals surface area contributed by atoms with Gasteiger partial charge >= 0.3 is 0 Å². The molecule has 3 nitrogen and oxygen atoms in total. The Kier molecular flexibility index (Phi) is 1.59. The fourth-order valence-corrected chi connectivity index (χ4v) is 1.10. The molecule has 2 rings (SSSR count). The summed E-state index contributed by atoms with van der Waals surface area (Å²) in [5.74, 6) is 0. The minimum atomic E-state index is -0.0877. The Labute approximate surface area is 66.3 Å². The summed E-state index contributed by atoms with van der Waals surface area (Å²) < 4.78 is 5.51. The van der Waals surface area contributed by atoms with Gasteiger partial charge in [0.2, 0.25) is 0 Å². The maximum absolute atomic E-state index is 8.71. The van der Waals surface area contributed by atoms with Gasteiger partial charge in [0.1, 0.15) is 0 Å². The Morgan fingerprint density at radius 2 is 2.27 bits per heavy atom. The van der Waals surface area contributed by atoms with Gasteiger partial charge in [0.05, 0.1) is 24.2 Å². The molecule has 0 aromatic rings. The molecule has 0 amide bonds. The van der Waals surface area contributed by atoms with Crippen molar-refractivity contribution < 1.29 is 4.74 Å². The molecule has 2 fully saturated rings. The molecule has 11 heavy (non-hydrogen) atoms. The van der Waals surface area contributed by atoms with Crippen molar-refractivity contribution in [3.8, 4) is 6.07 Å². The summed E-state index contributed by atoms with van der Waals surface area (Å²) in [7, 11) is 0. The van der Waals surface area contributed by atoms with E-state index in [9.17, 15) is 0 Å². The van der Waals surface area contributed by atoms with Crippen LogP contribution in [0.1, 0.15) is 12.8 Å². The molecule has 0 bridgehead atoms. The number of nitrogens with zero attached hydrogens (tertiary/aromatic N) is 1. The van der Waals surface area contributed by atoms with Gasteiger partial charge < -0.3 is 10.1 Å². The fraction of sp³-hybridized carbons (Fsp3) is 0.875. The van der Waals surface area contributed by atoms with Crippen LogP contribution < -0.4 is 5.32 Å². The molecule has 60 valence electrons. The molecule has 0 aromatic heterocycles. The van der Waals surface area contributed by atoms with E-state index in [-0.39, 0.29) is 5.41 Å². The van der Waals surface area contributed by atoms with Crippen LogP contribution in [0.15, 0.2) is 0 Å². The molecule has 1 heterocycles. The van der Waals surface area contributed by atoms with Gasteiger partial charge in [-0.05, 0) is 12.8 Å². The first kappa shape index (κ1) is 7.08. The summed E-state index contributed by atoms with van der Waals surface area (Å²) in [6, 6.07) is 2.31. The molecule has 1 aliphatic carbocycles. The van der Waals surface area contributed by atoms with E-state index in [0.29, 0.717) is 12.7 Å². The minimum absolute atomic E-state index is 0.0877. The number of nitrogens with one attached hydrogen (secondary N) is 1. The summed E-state index contributed by atoms with van der Waals surface area (Å²) in [5, 5.41) is 11.8. The van der Waals surface area contributed by atoms with E-state index >= 15 is 0 Å². The third-order valence-electron chi connectivity index (χ3n) is 2.43. The first-order valence-electron chi connectivity index (χ1n) is 4.08. The summed E-state index contributed by atoms with van der Waals surface area (Å²) in [6.45, 7) is 2.57. The second kappa shape index (κ2) is 2.47. The Bertz CT molecular complexity index is 189. The van der Waals surface area contributed by atoms with Crippen LogP contribution in [0.4, 0.5) is 0 Å². The molecule has 1 N–H and O–H groups in total. The summed E-state index contributed by atoms with van der Waals surface area (Å²) >= 11 is 0. The minimum Gasteiger partial charge on any atom is -0.374 e. The molecular formula is C8H12N2O. The lowest BCUT2D eigenvalue weighted by Crippen LogP contribution is -2.49. The average molecular weight is 152 g/mol. The smallest absolute Gasteiger partial charge is 0.0824 e. The third kappa shape index (κ3) is 1.37. The Morgan fingerprint density at radius 3 is 2.64 bits per heavy atom. The standard InChI is InChI=1S/C8H12N2O/c9-5-8(1-2-8)6-11-7-3-10-4-7/h7,10H,1-4,6H2. The van der Waals surface area contributed by atoms with Gasteiger partial charge in [0.15, 0.2) is 0 Å². The third-order valence-corrected chi connectivity index (χ3v) is 2.43. The van der Waals surface area contributed by atoms with Crippen LogP contribution in [0.25, 0.3) is 0 Å². The first-order chi connectivity index (χ1) is 5.35. The van der Waals surface area contributed by atoms with Gasteiger partial charge in [-0.15, -0.1) is 0 Å². The molecule has 0 radical (unpaired) electrons. The highest BCUT2D eigenvalue weighted by Gasteiger charge is 2.44. The molecule has 1 saturated heterocycles. The molecule has 1 aliphatic heterocycles. The van der Waals surface area contributed by atoms with Crippen LogP contribution in [-0.2, 0) is 4.74 Å². The van der Waals surface area contributed by atoms with Crippen molar-refractivity contribution in [1.82, 2.24) is 5.32 Å². The van der Waals surface area contributed by atoms with Crippen molar-refractivity contribution in [3.05, 3.63) is 0 Å². The molecule has 0 aromatic carbocycles. The molecule has 0 atom stereocenters. The van der Waals surface area contributed by atoms with Crippen molar-refractivity contribution in [2.75, 3.05) is 19.7 Å². The molecule has 0 spiro atoms. The highest BCUT2D eigenvalue weighted by atomic mass is 16.5. The van der Waals surface area contributed by atoms with Crippen LogP contribution in [0.2, 0.25) is 0 Å². The maximum Gasteiger partial charge on any atom is 0.0824 e. The summed E-state index contributed by atoms with van der Waals surface area (Å²) in [5.41, 5.74) is -0.0877. The largest absolute Gasteiger partial charge is 0.374 e. The summed E-state index contributed by atoms with van der Waals surface area (Å²) in [6.07, 6.45) is 2.44. The molecule has 3 heteroatoms. The van der Waals surface area contributed by atoms with E-state index in [1.807, 2.05) is 0 Å². The van der Waals surface area contributed by atoms with E-state index in [2.05, 4.69) is 11.4 Å². The lowest BCUT2D eigenvalue weighted by Gasteiger charge is -2.27. The zero-order valence-electron chi connectivity index (χ0n) is 6.47. The summed E-state index contributed by atoms with van der Waals surface area (Å²) in [4.78, 5) is 0. The Morgan fingerprint density at radius 1 is 1.55 bits per heavy atom. The van der Waals surface area contributed by atoms with Gasteiger partial charge in [-0.25, -0.2) is 0 Å². The zero-order valence-corrected chi connectivity index (χ0v) is 6.47. The van der Waals surface area contributed by atoms with Crippen molar-refractivity contribution in [2.24, 2.45) is 5.41 Å². The van der Waals surface area contributed by atoms with E-state index in [0.717, 1.165) is 25.9 Å². The average Bonchev–Trinajstić information content (AvgIpc) is 2.66. The molecule has 2 aliphatic rings. The maximum atomic E-state index is 8.71. The predicted molar refractivity (Wildman–Crippen MR) is 39.9 cm³/mol. The van der Waals surface area contributed by atoms with Crippen molar-refractivity contribution in [3.63, 3.8) is 0 Å². The van der Waals surface area contributed by atoms with E-state index in [1.54, 1.807) is 0 Å². The van der Waals surface area contributed by atoms with E-state index in [1.165, 1.54) is 0 Å². The van der Waals surface area contributed by atoms with Crippen LogP contribution >= 0.6 is 0 Å².